The Hall–Kier alpha value is -2.57. The smallest absolute Gasteiger partial charge is 0.411 e. The standard InChI is InChI=1S/C21H25FN2O4/c1-12(2)23-17-5-3-4-15(17)20(16-10-13(22)6-9-18(16)23)24(14-7-8-14)21(27)28-11-19(25)26/h6,9-10,14-15,17,20H,1,3-5,7-8,11H2,2H3,(H,25,26)/t15-,17+,20-/m1/s1. The third kappa shape index (κ3) is 3.23. The number of ether oxygens (including phenoxy) is 1. The number of anilines is 1. The summed E-state index contributed by atoms with van der Waals surface area (Å²) in [5.74, 6) is -1.41. The number of nitrogens with zero attached hydrogens (tertiary/aromatic N) is 2. The molecule has 0 bridgehead atoms. The largest absolute Gasteiger partial charge is 0.479 e. The van der Waals surface area contributed by atoms with E-state index in [1.807, 2.05) is 6.92 Å². The van der Waals surface area contributed by atoms with E-state index in [0.29, 0.717) is 0 Å². The van der Waals surface area contributed by atoms with Crippen LogP contribution >= 0.6 is 0 Å². The second-order valence-electron chi connectivity index (χ2n) is 8.00. The van der Waals surface area contributed by atoms with Crippen LogP contribution in [-0.2, 0) is 9.53 Å². The van der Waals surface area contributed by atoms with Crippen LogP contribution in [0.5, 0.6) is 0 Å². The van der Waals surface area contributed by atoms with E-state index >= 15 is 0 Å². The van der Waals surface area contributed by atoms with Gasteiger partial charge in [-0.15, -0.1) is 0 Å². The Balaban J connectivity index is 1.78. The van der Waals surface area contributed by atoms with Gasteiger partial charge in [0.2, 0.25) is 0 Å². The number of hydrogen-bond acceptors (Lipinski definition) is 4. The van der Waals surface area contributed by atoms with E-state index < -0.39 is 18.7 Å². The van der Waals surface area contributed by atoms with E-state index in [4.69, 9.17) is 9.84 Å². The zero-order chi connectivity index (χ0) is 20.0. The number of carboxylic acid groups (broad SMARTS) is 1. The molecule has 4 rings (SSSR count). The van der Waals surface area contributed by atoms with Gasteiger partial charge in [-0.25, -0.2) is 14.0 Å². The van der Waals surface area contributed by atoms with Gasteiger partial charge < -0.3 is 14.7 Å². The summed E-state index contributed by atoms with van der Waals surface area (Å²) in [5, 5.41) is 8.89. The SMILES string of the molecule is C=C(C)N1c2ccc(F)cc2[C@H](N(C(=O)OCC(=O)O)C2CC2)[C@@H]2CCC[C@@H]21. The van der Waals surface area contributed by atoms with Crippen molar-refractivity contribution in [3.05, 3.63) is 41.9 Å². The van der Waals surface area contributed by atoms with Crippen molar-refractivity contribution in [2.45, 2.75) is 57.2 Å². The molecule has 3 atom stereocenters. The molecule has 0 spiro atoms. The molecular formula is C21H25FN2O4. The lowest BCUT2D eigenvalue weighted by atomic mass is 9.81. The predicted octanol–water partition coefficient (Wildman–Crippen LogP) is 4.07. The fourth-order valence-corrected chi connectivity index (χ4v) is 4.93. The first kappa shape index (κ1) is 18.8. The van der Waals surface area contributed by atoms with Crippen molar-refractivity contribution in [1.29, 1.82) is 0 Å². The van der Waals surface area contributed by atoms with Gasteiger partial charge in [-0.1, -0.05) is 13.0 Å². The minimum atomic E-state index is -1.19. The number of hydrogen-bond donors (Lipinski definition) is 1. The number of carboxylic acids is 1. The summed E-state index contributed by atoms with van der Waals surface area (Å²) >= 11 is 0. The van der Waals surface area contributed by atoms with Crippen molar-refractivity contribution < 1.29 is 23.8 Å². The van der Waals surface area contributed by atoms with Crippen molar-refractivity contribution >= 4 is 17.7 Å². The average molecular weight is 388 g/mol. The van der Waals surface area contributed by atoms with Crippen LogP contribution in [0.4, 0.5) is 14.9 Å². The second kappa shape index (κ2) is 7.11. The number of aliphatic carboxylic acids is 1. The summed E-state index contributed by atoms with van der Waals surface area (Å²) in [7, 11) is 0. The number of rotatable bonds is 5. The summed E-state index contributed by atoms with van der Waals surface area (Å²) in [6.45, 7) is 5.40. The lowest BCUT2D eigenvalue weighted by Crippen LogP contribution is -2.50. The molecule has 1 aromatic carbocycles. The molecule has 28 heavy (non-hydrogen) atoms. The lowest BCUT2D eigenvalue weighted by Gasteiger charge is -2.48. The molecule has 7 heteroatoms. The first-order valence-corrected chi connectivity index (χ1v) is 9.79. The Labute approximate surface area is 163 Å². The van der Waals surface area contributed by atoms with Crippen LogP contribution in [0.15, 0.2) is 30.5 Å². The Morgan fingerprint density at radius 2 is 2.07 bits per heavy atom. The molecule has 0 aromatic heterocycles. The highest BCUT2D eigenvalue weighted by atomic mass is 19.1. The van der Waals surface area contributed by atoms with E-state index in [2.05, 4.69) is 11.5 Å². The van der Waals surface area contributed by atoms with Gasteiger partial charge in [0.25, 0.3) is 0 Å². The summed E-state index contributed by atoms with van der Waals surface area (Å²) < 4.78 is 19.3. The Bertz CT molecular complexity index is 823. The molecule has 1 aromatic rings. The molecule has 0 unspecified atom stereocenters. The third-order valence-corrected chi connectivity index (χ3v) is 6.02. The highest BCUT2D eigenvalue weighted by Gasteiger charge is 2.51. The topological polar surface area (TPSA) is 70.1 Å². The van der Waals surface area contributed by atoms with Crippen LogP contribution in [0.2, 0.25) is 0 Å². The summed E-state index contributed by atoms with van der Waals surface area (Å²) in [5.41, 5.74) is 2.53. The van der Waals surface area contributed by atoms with Crippen LogP contribution in [0, 0.1) is 11.7 Å². The first-order valence-electron chi connectivity index (χ1n) is 9.79. The third-order valence-electron chi connectivity index (χ3n) is 6.02. The predicted molar refractivity (Wildman–Crippen MR) is 101 cm³/mol. The van der Waals surface area contributed by atoms with Crippen molar-refractivity contribution in [3.63, 3.8) is 0 Å². The van der Waals surface area contributed by atoms with E-state index in [1.54, 1.807) is 11.0 Å². The molecule has 1 N–H and O–H groups in total. The number of benzene rings is 1. The van der Waals surface area contributed by atoms with Crippen LogP contribution in [0.1, 0.15) is 50.6 Å². The monoisotopic (exact) mass is 388 g/mol. The number of halogens is 1. The molecule has 2 saturated carbocycles. The van der Waals surface area contributed by atoms with Crippen LogP contribution in [0.25, 0.3) is 0 Å². The fourth-order valence-electron chi connectivity index (χ4n) is 4.93. The lowest BCUT2D eigenvalue weighted by molar-refractivity contribution is -0.140. The number of fused-ring (bicyclic) bond motifs is 2. The molecule has 2 fully saturated rings. The van der Waals surface area contributed by atoms with Gasteiger partial charge in [0.15, 0.2) is 6.61 Å². The average Bonchev–Trinajstić information content (AvgIpc) is 3.35. The fraction of sp³-hybridized carbons (Fsp3) is 0.524. The van der Waals surface area contributed by atoms with Gasteiger partial charge in [0.1, 0.15) is 5.82 Å². The number of allylic oxidation sites excluding steroid dienone is 1. The number of amides is 1. The molecule has 150 valence electrons. The Morgan fingerprint density at radius 3 is 2.71 bits per heavy atom. The van der Waals surface area contributed by atoms with Crippen molar-refractivity contribution in [1.82, 2.24) is 4.90 Å². The van der Waals surface area contributed by atoms with Gasteiger partial charge >= 0.3 is 12.1 Å². The highest BCUT2D eigenvalue weighted by Crippen LogP contribution is 2.53. The van der Waals surface area contributed by atoms with E-state index in [1.165, 1.54) is 12.1 Å². The summed E-state index contributed by atoms with van der Waals surface area (Å²) in [6, 6.07) is 4.58. The van der Waals surface area contributed by atoms with Gasteiger partial charge in [0, 0.05) is 34.9 Å². The molecule has 1 amide bonds. The van der Waals surface area contributed by atoms with E-state index in [-0.39, 0.29) is 29.9 Å². The molecular weight excluding hydrogens is 363 g/mol. The minimum absolute atomic E-state index is 0.0139. The maximum atomic E-state index is 14.2. The van der Waals surface area contributed by atoms with Crippen LogP contribution in [0.3, 0.4) is 0 Å². The zero-order valence-electron chi connectivity index (χ0n) is 15.9. The van der Waals surface area contributed by atoms with Crippen LogP contribution < -0.4 is 4.90 Å². The normalized spacial score (nSPS) is 25.6. The molecule has 0 saturated heterocycles. The maximum Gasteiger partial charge on any atom is 0.411 e. The van der Waals surface area contributed by atoms with Crippen LogP contribution in [-0.4, -0.2) is 40.8 Å². The molecule has 2 aliphatic carbocycles. The molecule has 1 heterocycles. The Kier molecular flexibility index (Phi) is 4.77. The number of carbonyl (C=O) groups is 2. The molecule has 0 radical (unpaired) electrons. The van der Waals surface area contributed by atoms with E-state index in [0.717, 1.165) is 49.1 Å². The van der Waals surface area contributed by atoms with Crippen molar-refractivity contribution in [3.8, 4) is 0 Å². The number of carbonyl (C=O) groups excluding carboxylic acids is 1. The van der Waals surface area contributed by atoms with Gasteiger partial charge in [-0.05, 0) is 50.8 Å². The minimum Gasteiger partial charge on any atom is -0.479 e. The van der Waals surface area contributed by atoms with Gasteiger partial charge in [0.05, 0.1) is 6.04 Å². The second-order valence-corrected chi connectivity index (χ2v) is 8.00. The molecule has 3 aliphatic rings. The van der Waals surface area contributed by atoms with Crippen molar-refractivity contribution in [2.24, 2.45) is 5.92 Å². The summed E-state index contributed by atoms with van der Waals surface area (Å²) in [6.07, 6.45) is 4.00. The zero-order valence-corrected chi connectivity index (χ0v) is 15.9. The Morgan fingerprint density at radius 1 is 1.32 bits per heavy atom. The summed E-state index contributed by atoms with van der Waals surface area (Å²) in [4.78, 5) is 27.6. The van der Waals surface area contributed by atoms with E-state index in [9.17, 15) is 14.0 Å². The van der Waals surface area contributed by atoms with Crippen molar-refractivity contribution in [2.75, 3.05) is 11.5 Å². The molecule has 1 aliphatic heterocycles. The quantitative estimate of drug-likeness (QED) is 0.823. The van der Waals surface area contributed by atoms with Gasteiger partial charge in [-0.3, -0.25) is 4.90 Å². The maximum absolute atomic E-state index is 14.2. The molecule has 6 nitrogen and oxygen atoms in total. The van der Waals surface area contributed by atoms with Gasteiger partial charge in [-0.2, -0.15) is 0 Å². The highest BCUT2D eigenvalue weighted by molar-refractivity contribution is 5.76. The first-order chi connectivity index (χ1) is 13.4.